The number of carbonyl (C=O) groups excluding carboxylic acids is 1. The summed E-state index contributed by atoms with van der Waals surface area (Å²) >= 11 is 1.58. The first-order valence-corrected chi connectivity index (χ1v) is 11.6. The maximum absolute atomic E-state index is 12.4. The molecule has 4 N–H and O–H groups in total. The van der Waals surface area contributed by atoms with Gasteiger partial charge in [-0.15, -0.1) is 11.3 Å². The van der Waals surface area contributed by atoms with E-state index in [-0.39, 0.29) is 5.91 Å². The Labute approximate surface area is 215 Å². The molecule has 4 heterocycles. The van der Waals surface area contributed by atoms with E-state index in [1.165, 1.54) is 16.9 Å². The number of fused-ring (bicyclic) bond motifs is 1. The van der Waals surface area contributed by atoms with Crippen LogP contribution in [0.2, 0.25) is 0 Å². The smallest absolute Gasteiger partial charge is 0.475 e. The van der Waals surface area contributed by atoms with Crippen LogP contribution in [0.3, 0.4) is 0 Å². The minimum atomic E-state index is -5.08. The maximum atomic E-state index is 12.4. The van der Waals surface area contributed by atoms with Crippen LogP contribution >= 0.6 is 11.3 Å². The Morgan fingerprint density at radius 3 is 2.24 bits per heavy atom. The molecule has 1 aliphatic heterocycles. The first-order valence-electron chi connectivity index (χ1n) is 10.7. The van der Waals surface area contributed by atoms with Gasteiger partial charge in [-0.1, -0.05) is 0 Å². The number of nitrogens with one attached hydrogen (secondary N) is 2. The minimum absolute atomic E-state index is 0.0301. The van der Waals surface area contributed by atoms with Crippen molar-refractivity contribution in [3.63, 3.8) is 0 Å². The first-order chi connectivity index (χ1) is 17.6. The second-order valence-corrected chi connectivity index (χ2v) is 8.96. The predicted octanol–water partition coefficient (Wildman–Crippen LogP) is 4.33. The maximum Gasteiger partial charge on any atom is 0.490 e. The van der Waals surface area contributed by atoms with Crippen molar-refractivity contribution in [2.24, 2.45) is 0 Å². The Morgan fingerprint density at radius 1 is 1.11 bits per heavy atom. The van der Waals surface area contributed by atoms with Crippen molar-refractivity contribution in [1.29, 1.82) is 0 Å². The number of aliphatic carboxylic acids is 2. The number of carbonyl (C=O) groups is 3. The molecule has 1 aliphatic rings. The third kappa shape index (κ3) is 9.33. The average molecular weight is 568 g/mol. The molecular weight excluding hydrogens is 546 g/mol. The number of aryl methyl sites for hydroxylation is 1. The molecule has 0 aliphatic carbocycles. The molecule has 1 amide bonds. The van der Waals surface area contributed by atoms with Gasteiger partial charge >= 0.3 is 24.3 Å². The van der Waals surface area contributed by atoms with Gasteiger partial charge in [-0.05, 0) is 56.1 Å². The average Bonchev–Trinajstić information content (AvgIpc) is 3.57. The van der Waals surface area contributed by atoms with Gasteiger partial charge < -0.3 is 25.2 Å². The van der Waals surface area contributed by atoms with Crippen molar-refractivity contribution in [2.75, 3.05) is 6.54 Å². The first kappa shape index (κ1) is 30.6. The van der Waals surface area contributed by atoms with Gasteiger partial charge in [0.2, 0.25) is 0 Å². The summed E-state index contributed by atoms with van der Waals surface area (Å²) in [6.07, 6.45) is -3.86. The topological polar surface area (TPSA) is 133 Å². The van der Waals surface area contributed by atoms with Crippen LogP contribution in [-0.2, 0) is 16.1 Å². The molecule has 1 fully saturated rings. The normalized spacial score (nSPS) is 15.2. The van der Waals surface area contributed by atoms with E-state index in [9.17, 15) is 31.1 Å². The van der Waals surface area contributed by atoms with E-state index in [0.29, 0.717) is 12.6 Å². The standard InChI is InChI=1S/C18H20N4OS.2C2HF3O2/c1-12-6-8-22-11-13(21-17(22)9-12)10-20-18(23)16-5-4-15(24-16)14-3-2-7-19-14;2*3-2(4,5)1(6)7/h4-6,8-9,11,14,19H,2-3,7,10H2,1H3,(H,20,23);2*(H,6,7). The van der Waals surface area contributed by atoms with Crippen molar-refractivity contribution in [3.8, 4) is 0 Å². The molecule has 1 unspecified atom stereocenters. The summed E-state index contributed by atoms with van der Waals surface area (Å²) in [5.41, 5.74) is 2.95. The molecule has 208 valence electrons. The summed E-state index contributed by atoms with van der Waals surface area (Å²) in [4.78, 5) is 36.7. The SMILES string of the molecule is Cc1ccn2cc(CNC(=O)c3ccc(C4CCCN4)s3)nc2c1.O=C(O)C(F)(F)F.O=C(O)C(F)(F)F. The van der Waals surface area contributed by atoms with Gasteiger partial charge in [0.15, 0.2) is 0 Å². The molecule has 3 aromatic heterocycles. The Hall–Kier alpha value is -3.66. The number of imidazole rings is 1. The zero-order valence-electron chi connectivity index (χ0n) is 19.6. The van der Waals surface area contributed by atoms with Gasteiger partial charge in [-0.3, -0.25) is 4.79 Å². The highest BCUT2D eigenvalue weighted by atomic mass is 32.1. The van der Waals surface area contributed by atoms with Crippen molar-refractivity contribution >= 4 is 34.8 Å². The van der Waals surface area contributed by atoms with Gasteiger partial charge in [0.1, 0.15) is 5.65 Å². The minimum Gasteiger partial charge on any atom is -0.475 e. The van der Waals surface area contributed by atoms with Gasteiger partial charge in [0.05, 0.1) is 17.1 Å². The summed E-state index contributed by atoms with van der Waals surface area (Å²) in [6, 6.07) is 8.48. The number of alkyl halides is 6. The van der Waals surface area contributed by atoms with Crippen molar-refractivity contribution in [2.45, 2.75) is 44.7 Å². The molecule has 1 saturated heterocycles. The molecule has 1 atom stereocenters. The third-order valence-corrected chi connectivity index (χ3v) is 6.03. The van der Waals surface area contributed by atoms with Crippen molar-refractivity contribution in [3.05, 3.63) is 57.7 Å². The van der Waals surface area contributed by atoms with Crippen molar-refractivity contribution < 1.29 is 50.9 Å². The van der Waals surface area contributed by atoms with Crippen LogP contribution < -0.4 is 10.6 Å². The highest BCUT2D eigenvalue weighted by Gasteiger charge is 2.38. The van der Waals surface area contributed by atoms with E-state index in [1.807, 2.05) is 41.9 Å². The van der Waals surface area contributed by atoms with E-state index in [4.69, 9.17) is 19.8 Å². The number of carboxylic acids is 2. The number of hydrogen-bond donors (Lipinski definition) is 4. The van der Waals surface area contributed by atoms with Crippen LogP contribution in [0.5, 0.6) is 0 Å². The van der Waals surface area contributed by atoms with Gasteiger partial charge in [-0.25, -0.2) is 14.6 Å². The van der Waals surface area contributed by atoms with Crippen LogP contribution in [0.15, 0.2) is 36.7 Å². The highest BCUT2D eigenvalue weighted by Crippen LogP contribution is 2.29. The number of thiophene rings is 1. The van der Waals surface area contributed by atoms with Crippen LogP contribution in [0.1, 0.15) is 44.7 Å². The molecule has 4 rings (SSSR count). The summed E-state index contributed by atoms with van der Waals surface area (Å²) in [7, 11) is 0. The number of amides is 1. The molecular formula is C22H22F6N4O5S. The molecule has 16 heteroatoms. The number of aromatic nitrogens is 2. The Kier molecular flexibility index (Phi) is 10.2. The fraction of sp³-hybridized carbons (Fsp3) is 0.364. The number of hydrogen-bond acceptors (Lipinski definition) is 6. The van der Waals surface area contributed by atoms with E-state index in [0.717, 1.165) is 29.2 Å². The van der Waals surface area contributed by atoms with Crippen LogP contribution in [0, 0.1) is 6.92 Å². The predicted molar refractivity (Wildman–Crippen MR) is 123 cm³/mol. The van der Waals surface area contributed by atoms with Crippen LogP contribution in [0.25, 0.3) is 5.65 Å². The van der Waals surface area contributed by atoms with E-state index in [1.54, 1.807) is 11.3 Å². The third-order valence-electron chi connectivity index (χ3n) is 4.84. The number of halogens is 6. The molecule has 3 aromatic rings. The molecule has 0 spiro atoms. The van der Waals surface area contributed by atoms with E-state index in [2.05, 4.69) is 21.7 Å². The lowest BCUT2D eigenvalue weighted by atomic mass is 10.2. The fourth-order valence-corrected chi connectivity index (χ4v) is 4.10. The largest absolute Gasteiger partial charge is 0.490 e. The monoisotopic (exact) mass is 568 g/mol. The molecule has 38 heavy (non-hydrogen) atoms. The summed E-state index contributed by atoms with van der Waals surface area (Å²) in [5, 5.41) is 20.7. The van der Waals surface area contributed by atoms with Gasteiger partial charge in [-0.2, -0.15) is 26.3 Å². The van der Waals surface area contributed by atoms with E-state index >= 15 is 0 Å². The zero-order valence-corrected chi connectivity index (χ0v) is 20.4. The lowest BCUT2D eigenvalue weighted by Crippen LogP contribution is -2.21. The van der Waals surface area contributed by atoms with Crippen LogP contribution in [-0.4, -0.2) is 56.3 Å². The lowest BCUT2D eigenvalue weighted by Gasteiger charge is -2.06. The molecule has 0 aromatic carbocycles. The number of nitrogens with zero attached hydrogens (tertiary/aromatic N) is 2. The second kappa shape index (κ2) is 12.7. The van der Waals surface area contributed by atoms with Crippen LogP contribution in [0.4, 0.5) is 26.3 Å². The highest BCUT2D eigenvalue weighted by molar-refractivity contribution is 7.14. The quantitative estimate of drug-likeness (QED) is 0.345. The van der Waals surface area contributed by atoms with Gasteiger partial charge in [0, 0.05) is 23.3 Å². The molecule has 0 saturated carbocycles. The molecule has 9 nitrogen and oxygen atoms in total. The number of rotatable bonds is 4. The van der Waals surface area contributed by atoms with E-state index < -0.39 is 24.3 Å². The summed E-state index contributed by atoms with van der Waals surface area (Å²) < 4.78 is 65.4. The molecule has 0 radical (unpaired) electrons. The summed E-state index contributed by atoms with van der Waals surface area (Å²) in [6.45, 7) is 3.55. The second-order valence-electron chi connectivity index (χ2n) is 7.84. The lowest BCUT2D eigenvalue weighted by molar-refractivity contribution is -0.193. The Morgan fingerprint density at radius 2 is 1.71 bits per heavy atom. The zero-order chi connectivity index (χ0) is 28.7. The Balaban J connectivity index is 0.000000301. The van der Waals surface area contributed by atoms with Gasteiger partial charge in [0.25, 0.3) is 5.91 Å². The summed E-state index contributed by atoms with van der Waals surface area (Å²) in [5.74, 6) is -5.54. The number of carboxylic acid groups (broad SMARTS) is 2. The Bertz CT molecular complexity index is 1240. The van der Waals surface area contributed by atoms with Crippen molar-refractivity contribution in [1.82, 2.24) is 20.0 Å². The molecule has 0 bridgehead atoms. The number of pyridine rings is 1. The fourth-order valence-electron chi connectivity index (χ4n) is 3.07.